The molecule has 1 aliphatic rings. The fraction of sp³-hybridized carbons (Fsp3) is 0.304. The molecule has 8 nitrogen and oxygen atoms in total. The van der Waals surface area contributed by atoms with Gasteiger partial charge in [0, 0.05) is 13.1 Å². The first-order valence-electron chi connectivity index (χ1n) is 9.97. The lowest BCUT2D eigenvalue weighted by molar-refractivity contribution is -0.124. The van der Waals surface area contributed by atoms with Crippen LogP contribution in [0.25, 0.3) is 0 Å². The summed E-state index contributed by atoms with van der Waals surface area (Å²) in [6.45, 7) is 5.71. The SMILES string of the molecule is Cc1ccc(C)c(OCC(=O)NCCNC(=O)CN2C(=O)c3ccccc3C2=O)c1C. The molecule has 0 aromatic heterocycles. The highest BCUT2D eigenvalue weighted by Crippen LogP contribution is 2.25. The topological polar surface area (TPSA) is 105 Å². The Labute approximate surface area is 180 Å². The summed E-state index contributed by atoms with van der Waals surface area (Å²) in [6, 6.07) is 10.4. The Morgan fingerprint density at radius 1 is 0.839 bits per heavy atom. The second kappa shape index (κ2) is 9.42. The number of imide groups is 1. The Morgan fingerprint density at radius 2 is 1.39 bits per heavy atom. The van der Waals surface area contributed by atoms with Gasteiger partial charge in [-0.05, 0) is 49.6 Å². The lowest BCUT2D eigenvalue weighted by Gasteiger charge is -2.15. The van der Waals surface area contributed by atoms with Crippen LogP contribution in [-0.4, -0.2) is 54.8 Å². The minimum atomic E-state index is -0.483. The molecule has 0 spiro atoms. The molecule has 0 saturated carbocycles. The molecule has 0 aliphatic carbocycles. The molecule has 0 radical (unpaired) electrons. The van der Waals surface area contributed by atoms with Crippen molar-refractivity contribution in [2.75, 3.05) is 26.2 Å². The summed E-state index contributed by atoms with van der Waals surface area (Å²) >= 11 is 0. The number of hydrogen-bond acceptors (Lipinski definition) is 5. The summed E-state index contributed by atoms with van der Waals surface area (Å²) in [5.74, 6) is -1.06. The van der Waals surface area contributed by atoms with Crippen molar-refractivity contribution in [2.45, 2.75) is 20.8 Å². The summed E-state index contributed by atoms with van der Waals surface area (Å²) in [6.07, 6.45) is 0. The first-order chi connectivity index (χ1) is 14.8. The van der Waals surface area contributed by atoms with Crippen molar-refractivity contribution in [1.82, 2.24) is 15.5 Å². The lowest BCUT2D eigenvalue weighted by Crippen LogP contribution is -2.43. The van der Waals surface area contributed by atoms with Crippen LogP contribution in [0, 0.1) is 20.8 Å². The number of carbonyl (C=O) groups is 4. The molecule has 31 heavy (non-hydrogen) atoms. The second-order valence-corrected chi connectivity index (χ2v) is 7.38. The smallest absolute Gasteiger partial charge is 0.262 e. The first kappa shape index (κ1) is 22.0. The van der Waals surface area contributed by atoms with Gasteiger partial charge < -0.3 is 15.4 Å². The summed E-state index contributed by atoms with van der Waals surface area (Å²) in [5.41, 5.74) is 3.63. The maximum absolute atomic E-state index is 12.3. The maximum atomic E-state index is 12.3. The van der Waals surface area contributed by atoms with E-state index in [0.717, 1.165) is 21.6 Å². The van der Waals surface area contributed by atoms with Crippen LogP contribution in [-0.2, 0) is 9.59 Å². The molecule has 3 rings (SSSR count). The highest BCUT2D eigenvalue weighted by molar-refractivity contribution is 6.22. The van der Waals surface area contributed by atoms with Crippen LogP contribution in [0.2, 0.25) is 0 Å². The van der Waals surface area contributed by atoms with Gasteiger partial charge in [0.1, 0.15) is 12.3 Å². The van der Waals surface area contributed by atoms with Gasteiger partial charge in [0.05, 0.1) is 11.1 Å². The minimum absolute atomic E-state index is 0.131. The minimum Gasteiger partial charge on any atom is -0.483 e. The monoisotopic (exact) mass is 423 g/mol. The van der Waals surface area contributed by atoms with Gasteiger partial charge in [-0.1, -0.05) is 24.3 Å². The van der Waals surface area contributed by atoms with Gasteiger partial charge in [-0.25, -0.2) is 0 Å². The molecule has 0 atom stereocenters. The zero-order valence-corrected chi connectivity index (χ0v) is 17.8. The van der Waals surface area contributed by atoms with Crippen molar-refractivity contribution in [2.24, 2.45) is 0 Å². The third-order valence-electron chi connectivity index (χ3n) is 5.17. The Balaban J connectivity index is 1.39. The molecule has 1 aliphatic heterocycles. The van der Waals surface area contributed by atoms with Crippen LogP contribution in [0.4, 0.5) is 0 Å². The van der Waals surface area contributed by atoms with E-state index in [1.165, 1.54) is 0 Å². The number of fused-ring (bicyclic) bond motifs is 1. The maximum Gasteiger partial charge on any atom is 0.262 e. The van der Waals surface area contributed by atoms with E-state index in [4.69, 9.17) is 4.74 Å². The Hall–Kier alpha value is -3.68. The van der Waals surface area contributed by atoms with E-state index in [9.17, 15) is 19.2 Å². The number of amides is 4. The van der Waals surface area contributed by atoms with Crippen molar-refractivity contribution < 1.29 is 23.9 Å². The van der Waals surface area contributed by atoms with Crippen molar-refractivity contribution in [3.63, 3.8) is 0 Å². The van der Waals surface area contributed by atoms with Crippen molar-refractivity contribution in [3.8, 4) is 5.75 Å². The number of carbonyl (C=O) groups excluding carboxylic acids is 4. The number of nitrogens with one attached hydrogen (secondary N) is 2. The third-order valence-corrected chi connectivity index (χ3v) is 5.17. The van der Waals surface area contributed by atoms with Gasteiger partial charge >= 0.3 is 0 Å². The summed E-state index contributed by atoms with van der Waals surface area (Å²) in [7, 11) is 0. The molecule has 4 amide bonds. The quantitative estimate of drug-likeness (QED) is 0.495. The highest BCUT2D eigenvalue weighted by atomic mass is 16.5. The largest absolute Gasteiger partial charge is 0.483 e. The van der Waals surface area contributed by atoms with Gasteiger partial charge in [-0.2, -0.15) is 0 Å². The van der Waals surface area contributed by atoms with E-state index in [-0.39, 0.29) is 32.1 Å². The van der Waals surface area contributed by atoms with Crippen LogP contribution in [0.1, 0.15) is 37.4 Å². The number of aryl methyl sites for hydroxylation is 2. The van der Waals surface area contributed by atoms with Crippen molar-refractivity contribution >= 4 is 23.6 Å². The standard InChI is InChI=1S/C23H25N3O5/c1-14-8-9-15(2)21(16(14)3)31-13-20(28)25-11-10-24-19(27)12-26-22(29)17-6-4-5-7-18(17)23(26)30/h4-9H,10-13H2,1-3H3,(H,24,27)(H,25,28). The molecule has 1 heterocycles. The van der Waals surface area contributed by atoms with Crippen LogP contribution < -0.4 is 15.4 Å². The molecule has 0 unspecified atom stereocenters. The molecular formula is C23H25N3O5. The molecule has 2 aromatic carbocycles. The van der Waals surface area contributed by atoms with Gasteiger partial charge in [0.15, 0.2) is 6.61 Å². The van der Waals surface area contributed by atoms with Crippen LogP contribution >= 0.6 is 0 Å². The summed E-state index contributed by atoms with van der Waals surface area (Å²) in [5, 5.41) is 5.25. The van der Waals surface area contributed by atoms with Crippen LogP contribution in [0.5, 0.6) is 5.75 Å². The Bertz CT molecular complexity index is 1010. The predicted octanol–water partition coefficient (Wildman–Crippen LogP) is 1.52. The number of rotatable bonds is 8. The number of benzene rings is 2. The van der Waals surface area contributed by atoms with E-state index in [1.54, 1.807) is 24.3 Å². The normalized spacial score (nSPS) is 12.5. The van der Waals surface area contributed by atoms with Gasteiger partial charge in [-0.3, -0.25) is 24.1 Å². The van der Waals surface area contributed by atoms with E-state index in [1.807, 2.05) is 32.9 Å². The fourth-order valence-corrected chi connectivity index (χ4v) is 3.32. The van der Waals surface area contributed by atoms with Crippen molar-refractivity contribution in [1.29, 1.82) is 0 Å². The lowest BCUT2D eigenvalue weighted by atomic mass is 10.1. The average molecular weight is 423 g/mol. The van der Waals surface area contributed by atoms with Gasteiger partial charge in [0.25, 0.3) is 17.7 Å². The summed E-state index contributed by atoms with van der Waals surface area (Å²) < 4.78 is 5.65. The zero-order chi connectivity index (χ0) is 22.5. The van der Waals surface area contributed by atoms with E-state index >= 15 is 0 Å². The zero-order valence-electron chi connectivity index (χ0n) is 17.8. The predicted molar refractivity (Wildman–Crippen MR) is 114 cm³/mol. The molecule has 0 saturated heterocycles. The summed E-state index contributed by atoms with van der Waals surface area (Å²) in [4.78, 5) is 49.6. The number of nitrogens with zero attached hydrogens (tertiary/aromatic N) is 1. The molecule has 0 bridgehead atoms. The van der Waals surface area contributed by atoms with Crippen molar-refractivity contribution in [3.05, 3.63) is 64.2 Å². The first-order valence-corrected chi connectivity index (χ1v) is 9.97. The third kappa shape index (κ3) is 4.91. The molecule has 0 fully saturated rings. The fourth-order valence-electron chi connectivity index (χ4n) is 3.32. The van der Waals surface area contributed by atoms with Crippen LogP contribution in [0.3, 0.4) is 0 Å². The molecule has 162 valence electrons. The number of hydrogen-bond donors (Lipinski definition) is 2. The molecular weight excluding hydrogens is 398 g/mol. The Morgan fingerprint density at radius 3 is 2.00 bits per heavy atom. The van der Waals surface area contributed by atoms with E-state index < -0.39 is 17.7 Å². The van der Waals surface area contributed by atoms with Crippen LogP contribution in [0.15, 0.2) is 36.4 Å². The molecule has 2 N–H and O–H groups in total. The highest BCUT2D eigenvalue weighted by Gasteiger charge is 2.36. The molecule has 8 heteroatoms. The van der Waals surface area contributed by atoms with E-state index in [2.05, 4.69) is 10.6 Å². The van der Waals surface area contributed by atoms with Gasteiger partial charge in [-0.15, -0.1) is 0 Å². The Kier molecular flexibility index (Phi) is 6.69. The average Bonchev–Trinajstić information content (AvgIpc) is 2.99. The number of ether oxygens (including phenoxy) is 1. The van der Waals surface area contributed by atoms with Gasteiger partial charge in [0.2, 0.25) is 5.91 Å². The second-order valence-electron chi connectivity index (χ2n) is 7.38. The van der Waals surface area contributed by atoms with E-state index in [0.29, 0.717) is 16.9 Å². The molecule has 2 aromatic rings.